The number of hydrogen-bond acceptors (Lipinski definition) is 6. The Morgan fingerprint density at radius 2 is 1.11 bits per heavy atom. The van der Waals surface area contributed by atoms with Crippen LogP contribution >= 0.6 is 0 Å². The number of pyridine rings is 2. The Bertz CT molecular complexity index is 4180. The molecule has 71 heavy (non-hydrogen) atoms. The molecule has 9 aromatic carbocycles. The van der Waals surface area contributed by atoms with Crippen LogP contribution in [0.5, 0.6) is 11.5 Å². The number of benzene rings is 9. The van der Waals surface area contributed by atoms with Gasteiger partial charge in [0.1, 0.15) is 0 Å². The van der Waals surface area contributed by atoms with Crippen LogP contribution in [0, 0.1) is 0 Å². The summed E-state index contributed by atoms with van der Waals surface area (Å²) in [7, 11) is 0. The van der Waals surface area contributed by atoms with Gasteiger partial charge < -0.3 is 9.64 Å². The van der Waals surface area contributed by atoms with Crippen molar-refractivity contribution in [1.29, 1.82) is 0 Å². The summed E-state index contributed by atoms with van der Waals surface area (Å²) in [6.07, 6.45) is 1.89. The van der Waals surface area contributed by atoms with Gasteiger partial charge in [-0.2, -0.15) is 0 Å². The molecular weight excluding hydrogens is 867 g/mol. The predicted octanol–water partition coefficient (Wildman–Crippen LogP) is 16.2. The van der Waals surface area contributed by atoms with Gasteiger partial charge in [0.2, 0.25) is 0 Å². The number of anilines is 3. The third kappa shape index (κ3) is 5.76. The van der Waals surface area contributed by atoms with Crippen LogP contribution in [0.25, 0.3) is 89.2 Å². The Balaban J connectivity index is 0.886. The Morgan fingerprint density at radius 3 is 2.07 bits per heavy atom. The number of para-hydroxylation sites is 3. The third-order valence-corrected chi connectivity index (χ3v) is 14.7. The highest BCUT2D eigenvalue weighted by Crippen LogP contribution is 2.66. The Labute approximate surface area is 409 Å². The van der Waals surface area contributed by atoms with Crippen molar-refractivity contribution in [3.63, 3.8) is 0 Å². The van der Waals surface area contributed by atoms with Crippen LogP contribution in [0.1, 0.15) is 22.3 Å². The van der Waals surface area contributed by atoms with Crippen LogP contribution in [0.2, 0.25) is 0 Å². The van der Waals surface area contributed by atoms with Gasteiger partial charge in [0.25, 0.3) is 0 Å². The van der Waals surface area contributed by atoms with Crippen molar-refractivity contribution in [3.05, 3.63) is 259 Å². The first-order chi connectivity index (χ1) is 35.2. The molecule has 0 fully saturated rings. The molecule has 0 bridgehead atoms. The fourth-order valence-electron chi connectivity index (χ4n) is 11.7. The minimum Gasteiger partial charge on any atom is -0.452 e. The summed E-state index contributed by atoms with van der Waals surface area (Å²) in [5.41, 5.74) is 18.8. The summed E-state index contributed by atoms with van der Waals surface area (Å²) in [6, 6.07) is 81.5. The maximum absolute atomic E-state index is 7.18. The lowest BCUT2D eigenvalue weighted by atomic mass is 9.71. The number of rotatable bonds is 5. The van der Waals surface area contributed by atoms with E-state index < -0.39 is 5.41 Å². The number of hydrogen-bond donors (Lipinski definition) is 0. The van der Waals surface area contributed by atoms with Gasteiger partial charge in [-0.1, -0.05) is 176 Å². The van der Waals surface area contributed by atoms with E-state index in [0.29, 0.717) is 5.82 Å². The van der Waals surface area contributed by atoms with Crippen LogP contribution in [0.3, 0.4) is 0 Å². The second kappa shape index (κ2) is 15.2. The molecule has 0 saturated carbocycles. The molecule has 1 aliphatic heterocycles. The van der Waals surface area contributed by atoms with E-state index in [4.69, 9.17) is 24.7 Å². The van der Waals surface area contributed by atoms with E-state index in [1.807, 2.05) is 24.4 Å². The Hall–Kier alpha value is -9.52. The highest BCUT2D eigenvalue weighted by molar-refractivity contribution is 6.02. The summed E-state index contributed by atoms with van der Waals surface area (Å²) in [4.78, 5) is 23.3. The van der Waals surface area contributed by atoms with Gasteiger partial charge in [-0.25, -0.2) is 15.0 Å². The van der Waals surface area contributed by atoms with Crippen LogP contribution in [-0.2, 0) is 5.41 Å². The number of fused-ring (bicyclic) bond motifs is 15. The standard InChI is InChI=1S/C65H39N5O/c1-2-17-41(18-3-1)60-49-26-7-9-30-55(49)68-64(69-60)44-22-12-21-43(38-44)54-35-33-53-62(67-54)61-52(29-15-37-66-61)65(53)50-28-8-6-25-48(50)59-51(65)34-36-57-63(59)71-58-32-11-10-31-56(58)70(57)45-23-13-20-42(39-45)47-27-14-19-40-16-4-5-24-46(40)47/h1-39H. The van der Waals surface area contributed by atoms with E-state index in [1.54, 1.807) is 0 Å². The van der Waals surface area contributed by atoms with Crippen molar-refractivity contribution in [2.75, 3.05) is 4.90 Å². The van der Waals surface area contributed by atoms with Crippen molar-refractivity contribution < 1.29 is 4.74 Å². The molecule has 12 aromatic rings. The fourth-order valence-corrected chi connectivity index (χ4v) is 11.7. The second-order valence-corrected chi connectivity index (χ2v) is 18.5. The molecular formula is C65H39N5O. The second-order valence-electron chi connectivity index (χ2n) is 18.5. The van der Waals surface area contributed by atoms with Crippen LogP contribution in [0.4, 0.5) is 17.1 Å². The molecule has 0 N–H and O–H groups in total. The molecule has 1 spiro atoms. The quantitative estimate of drug-likeness (QED) is 0.171. The maximum atomic E-state index is 7.18. The molecule has 15 rings (SSSR count). The molecule has 3 aliphatic rings. The summed E-state index contributed by atoms with van der Waals surface area (Å²) < 4.78 is 7.18. The van der Waals surface area contributed by atoms with E-state index in [2.05, 4.69) is 217 Å². The molecule has 3 aromatic heterocycles. The normalized spacial score (nSPS) is 14.6. The van der Waals surface area contributed by atoms with Crippen molar-refractivity contribution in [3.8, 4) is 79.0 Å². The van der Waals surface area contributed by atoms with E-state index in [9.17, 15) is 0 Å². The zero-order chi connectivity index (χ0) is 46.6. The fraction of sp³-hybridized carbons (Fsp3) is 0.0154. The average Bonchev–Trinajstić information content (AvgIpc) is 3.92. The molecule has 6 nitrogen and oxygen atoms in total. The maximum Gasteiger partial charge on any atom is 0.160 e. The first-order valence-electron chi connectivity index (χ1n) is 24.0. The van der Waals surface area contributed by atoms with Gasteiger partial charge in [0, 0.05) is 39.5 Å². The van der Waals surface area contributed by atoms with E-state index in [1.165, 1.54) is 21.9 Å². The van der Waals surface area contributed by atoms with Crippen LogP contribution < -0.4 is 9.64 Å². The molecule has 1 atom stereocenters. The van der Waals surface area contributed by atoms with Crippen molar-refractivity contribution in [1.82, 2.24) is 19.9 Å². The SMILES string of the molecule is c1ccc(-c2nc(-c3cccc(-c4ccc5c(n4)-c4ncccc4C54c5ccccc5-c5c4ccc4c5Oc5ccccc5N4c4cccc(-c5cccc6ccccc56)c4)c3)nc3ccccc23)cc1. The van der Waals surface area contributed by atoms with Gasteiger partial charge in [-0.3, -0.25) is 4.98 Å². The monoisotopic (exact) mass is 905 g/mol. The van der Waals surface area contributed by atoms with E-state index in [0.717, 1.165) is 112 Å². The Kier molecular flexibility index (Phi) is 8.47. The number of ether oxygens (including phenoxy) is 1. The first kappa shape index (κ1) is 39.5. The lowest BCUT2D eigenvalue weighted by molar-refractivity contribution is 0.478. The average molecular weight is 906 g/mol. The first-order valence-corrected chi connectivity index (χ1v) is 24.0. The lowest BCUT2D eigenvalue weighted by Gasteiger charge is -2.35. The highest BCUT2D eigenvalue weighted by atomic mass is 16.5. The summed E-state index contributed by atoms with van der Waals surface area (Å²) >= 11 is 0. The lowest BCUT2D eigenvalue weighted by Crippen LogP contribution is -2.26. The molecule has 0 amide bonds. The van der Waals surface area contributed by atoms with Crippen LogP contribution in [-0.4, -0.2) is 19.9 Å². The summed E-state index contributed by atoms with van der Waals surface area (Å²) in [5, 5.41) is 3.46. The smallest absolute Gasteiger partial charge is 0.160 e. The minimum absolute atomic E-state index is 0.667. The van der Waals surface area contributed by atoms with Crippen molar-refractivity contribution in [2.45, 2.75) is 5.41 Å². The van der Waals surface area contributed by atoms with Crippen molar-refractivity contribution in [2.24, 2.45) is 0 Å². The Morgan fingerprint density at radius 1 is 0.408 bits per heavy atom. The molecule has 2 aliphatic carbocycles. The van der Waals surface area contributed by atoms with E-state index >= 15 is 0 Å². The molecule has 1 unspecified atom stereocenters. The molecule has 0 saturated heterocycles. The zero-order valence-electron chi connectivity index (χ0n) is 38.2. The highest BCUT2D eigenvalue weighted by Gasteiger charge is 2.54. The third-order valence-electron chi connectivity index (χ3n) is 14.7. The molecule has 330 valence electrons. The summed E-state index contributed by atoms with van der Waals surface area (Å²) in [6.45, 7) is 0. The molecule has 4 heterocycles. The number of nitrogens with zero attached hydrogens (tertiary/aromatic N) is 5. The van der Waals surface area contributed by atoms with Crippen LogP contribution in [0.15, 0.2) is 237 Å². The van der Waals surface area contributed by atoms with Crippen molar-refractivity contribution >= 4 is 38.7 Å². The molecule has 0 radical (unpaired) electrons. The predicted molar refractivity (Wildman–Crippen MR) is 285 cm³/mol. The minimum atomic E-state index is -0.695. The van der Waals surface area contributed by atoms with Gasteiger partial charge >= 0.3 is 0 Å². The topological polar surface area (TPSA) is 64.0 Å². The van der Waals surface area contributed by atoms with Gasteiger partial charge in [-0.15, -0.1) is 0 Å². The van der Waals surface area contributed by atoms with Gasteiger partial charge in [0.05, 0.1) is 45.1 Å². The van der Waals surface area contributed by atoms with Gasteiger partial charge in [-0.05, 0) is 104 Å². The largest absolute Gasteiger partial charge is 0.452 e. The summed E-state index contributed by atoms with van der Waals surface area (Å²) in [5.74, 6) is 2.29. The number of aromatic nitrogens is 4. The van der Waals surface area contributed by atoms with E-state index in [-0.39, 0.29) is 0 Å². The van der Waals surface area contributed by atoms with Gasteiger partial charge in [0.15, 0.2) is 17.3 Å². The zero-order valence-corrected chi connectivity index (χ0v) is 38.2. The molecule has 6 heteroatoms.